The molecule has 0 aromatic rings. The lowest BCUT2D eigenvalue weighted by Gasteiger charge is -1.97. The summed E-state index contributed by atoms with van der Waals surface area (Å²) in [6.07, 6.45) is 4.23. The van der Waals surface area contributed by atoms with Crippen molar-refractivity contribution >= 4 is 0 Å². The van der Waals surface area contributed by atoms with Crippen molar-refractivity contribution in [2.45, 2.75) is 27.7 Å². The van der Waals surface area contributed by atoms with Crippen LogP contribution < -0.4 is 0 Å². The Hall–Kier alpha value is -0.780. The zero-order valence-electron chi connectivity index (χ0n) is 7.36. The Morgan fingerprint density at radius 2 is 1.70 bits per heavy atom. The molecule has 0 aromatic heterocycles. The Balaban J connectivity index is 4.31. The van der Waals surface area contributed by atoms with Gasteiger partial charge in [-0.15, -0.1) is 0 Å². The predicted octanol–water partition coefficient (Wildman–Crippen LogP) is 3.48. The van der Waals surface area contributed by atoms with Gasteiger partial charge in [0.05, 0.1) is 0 Å². The fraction of sp³-hybridized carbons (Fsp3) is 0.400. The van der Waals surface area contributed by atoms with Crippen molar-refractivity contribution < 1.29 is 0 Å². The molecular weight excluding hydrogens is 120 g/mol. The summed E-state index contributed by atoms with van der Waals surface area (Å²) < 4.78 is 0. The first kappa shape index (κ1) is 9.22. The normalized spacial score (nSPS) is 13.6. The lowest BCUT2D eigenvalue weighted by molar-refractivity contribution is 1.33. The second kappa shape index (κ2) is 4.10. The van der Waals surface area contributed by atoms with Crippen LogP contribution in [0.1, 0.15) is 27.7 Å². The van der Waals surface area contributed by atoms with Crippen LogP contribution >= 0.6 is 0 Å². The molecule has 0 aliphatic rings. The Labute approximate surface area is 64.0 Å². The van der Waals surface area contributed by atoms with E-state index in [9.17, 15) is 0 Å². The van der Waals surface area contributed by atoms with Gasteiger partial charge in [0, 0.05) is 0 Å². The van der Waals surface area contributed by atoms with Crippen molar-refractivity contribution in [2.75, 3.05) is 0 Å². The standard InChI is InChI=1S/C10H16/c1-6-9(4)7-10(5)8(2)3/h6-7H,2H2,1,3-5H3/b9-6+,10-7-. The zero-order chi connectivity index (χ0) is 8.15. The summed E-state index contributed by atoms with van der Waals surface area (Å²) in [6, 6.07) is 0. The van der Waals surface area contributed by atoms with Crippen molar-refractivity contribution in [3.8, 4) is 0 Å². The van der Waals surface area contributed by atoms with Crippen molar-refractivity contribution in [2.24, 2.45) is 0 Å². The van der Waals surface area contributed by atoms with E-state index >= 15 is 0 Å². The monoisotopic (exact) mass is 136 g/mol. The molecule has 0 aromatic carbocycles. The summed E-state index contributed by atoms with van der Waals surface area (Å²) in [5.74, 6) is 0. The van der Waals surface area contributed by atoms with E-state index in [1.165, 1.54) is 11.1 Å². The minimum absolute atomic E-state index is 1.14. The minimum Gasteiger partial charge on any atom is -0.0958 e. The smallest absolute Gasteiger partial charge is 0.0395 e. The van der Waals surface area contributed by atoms with Crippen molar-refractivity contribution in [3.63, 3.8) is 0 Å². The summed E-state index contributed by atoms with van der Waals surface area (Å²) in [5, 5.41) is 0. The van der Waals surface area contributed by atoms with Gasteiger partial charge in [-0.05, 0) is 33.3 Å². The molecule has 0 saturated heterocycles. The van der Waals surface area contributed by atoms with Crippen LogP contribution in [0.25, 0.3) is 0 Å². The third-order valence-corrected chi connectivity index (χ3v) is 1.57. The molecule has 0 heterocycles. The molecule has 0 unspecified atom stereocenters. The maximum Gasteiger partial charge on any atom is -0.0395 e. The average molecular weight is 136 g/mol. The molecule has 56 valence electrons. The summed E-state index contributed by atoms with van der Waals surface area (Å²) in [7, 11) is 0. The fourth-order valence-electron chi connectivity index (χ4n) is 0.548. The maximum absolute atomic E-state index is 3.85. The lowest BCUT2D eigenvalue weighted by Crippen LogP contribution is -1.77. The maximum atomic E-state index is 3.85. The number of hydrogen-bond acceptors (Lipinski definition) is 0. The second-order valence-electron chi connectivity index (χ2n) is 2.64. The molecule has 0 rings (SSSR count). The van der Waals surface area contributed by atoms with Crippen LogP contribution in [0.15, 0.2) is 35.5 Å². The molecule has 0 radical (unpaired) electrons. The van der Waals surface area contributed by atoms with Crippen molar-refractivity contribution in [1.29, 1.82) is 0 Å². The van der Waals surface area contributed by atoms with Crippen molar-refractivity contribution in [3.05, 3.63) is 35.5 Å². The molecule has 0 heteroatoms. The van der Waals surface area contributed by atoms with Gasteiger partial charge >= 0.3 is 0 Å². The Morgan fingerprint density at radius 3 is 2.00 bits per heavy atom. The molecule has 0 atom stereocenters. The molecule has 0 nitrogen and oxygen atoms in total. The summed E-state index contributed by atoms with van der Waals surface area (Å²) in [6.45, 7) is 12.1. The van der Waals surface area contributed by atoms with Crippen LogP contribution in [0.5, 0.6) is 0 Å². The predicted molar refractivity (Wildman–Crippen MR) is 48.0 cm³/mol. The molecule has 0 N–H and O–H groups in total. The molecule has 0 aliphatic heterocycles. The zero-order valence-corrected chi connectivity index (χ0v) is 7.36. The quantitative estimate of drug-likeness (QED) is 0.510. The van der Waals surface area contributed by atoms with Gasteiger partial charge in [-0.2, -0.15) is 0 Å². The van der Waals surface area contributed by atoms with Gasteiger partial charge in [0.15, 0.2) is 0 Å². The Morgan fingerprint density at radius 1 is 1.20 bits per heavy atom. The molecule has 0 fully saturated rings. The topological polar surface area (TPSA) is 0 Å². The SMILES string of the molecule is C=C(C)/C(C)=C\C(C)=C\C. The van der Waals surface area contributed by atoms with Crippen LogP contribution in [0.2, 0.25) is 0 Å². The summed E-state index contributed by atoms with van der Waals surface area (Å²) >= 11 is 0. The lowest BCUT2D eigenvalue weighted by atomic mass is 10.1. The summed E-state index contributed by atoms with van der Waals surface area (Å²) in [4.78, 5) is 0. The summed E-state index contributed by atoms with van der Waals surface area (Å²) in [5.41, 5.74) is 3.69. The highest BCUT2D eigenvalue weighted by Crippen LogP contribution is 2.08. The molecule has 0 bridgehead atoms. The van der Waals surface area contributed by atoms with Crippen molar-refractivity contribution in [1.82, 2.24) is 0 Å². The van der Waals surface area contributed by atoms with E-state index in [4.69, 9.17) is 0 Å². The molecule has 0 saturated carbocycles. The first-order valence-electron chi connectivity index (χ1n) is 3.55. The molecule has 0 amide bonds. The van der Waals surface area contributed by atoms with Gasteiger partial charge in [-0.25, -0.2) is 0 Å². The Kier molecular flexibility index (Phi) is 3.78. The van der Waals surface area contributed by atoms with Gasteiger partial charge in [-0.3, -0.25) is 0 Å². The van der Waals surface area contributed by atoms with E-state index in [0.717, 1.165) is 5.57 Å². The number of hydrogen-bond donors (Lipinski definition) is 0. The highest BCUT2D eigenvalue weighted by Gasteiger charge is 1.87. The molecule has 0 spiro atoms. The fourth-order valence-corrected chi connectivity index (χ4v) is 0.548. The second-order valence-corrected chi connectivity index (χ2v) is 2.64. The van der Waals surface area contributed by atoms with Gasteiger partial charge < -0.3 is 0 Å². The van der Waals surface area contributed by atoms with E-state index in [-0.39, 0.29) is 0 Å². The molecule has 0 aliphatic carbocycles. The first-order chi connectivity index (χ1) is 4.57. The van der Waals surface area contributed by atoms with E-state index in [1.54, 1.807) is 0 Å². The molecule has 10 heavy (non-hydrogen) atoms. The van der Waals surface area contributed by atoms with Crippen LogP contribution in [0.4, 0.5) is 0 Å². The van der Waals surface area contributed by atoms with Crippen LogP contribution in [-0.4, -0.2) is 0 Å². The van der Waals surface area contributed by atoms with Gasteiger partial charge in [0.2, 0.25) is 0 Å². The average Bonchev–Trinajstić information content (AvgIpc) is 1.87. The highest BCUT2D eigenvalue weighted by atomic mass is 13.9. The highest BCUT2D eigenvalue weighted by molar-refractivity contribution is 5.31. The Bertz CT molecular complexity index is 180. The first-order valence-corrected chi connectivity index (χ1v) is 3.55. The van der Waals surface area contributed by atoms with E-state index < -0.39 is 0 Å². The van der Waals surface area contributed by atoms with E-state index in [0.29, 0.717) is 0 Å². The third kappa shape index (κ3) is 3.29. The van der Waals surface area contributed by atoms with E-state index in [2.05, 4.69) is 32.6 Å². The largest absolute Gasteiger partial charge is 0.0958 e. The number of allylic oxidation sites excluding steroid dienone is 5. The van der Waals surface area contributed by atoms with E-state index in [1.807, 2.05) is 13.8 Å². The third-order valence-electron chi connectivity index (χ3n) is 1.57. The minimum atomic E-state index is 1.14. The van der Waals surface area contributed by atoms with Crippen LogP contribution in [0.3, 0.4) is 0 Å². The van der Waals surface area contributed by atoms with Gasteiger partial charge in [-0.1, -0.05) is 29.9 Å². The van der Waals surface area contributed by atoms with Crippen LogP contribution in [0, 0.1) is 0 Å². The van der Waals surface area contributed by atoms with Gasteiger partial charge in [0.25, 0.3) is 0 Å². The van der Waals surface area contributed by atoms with Gasteiger partial charge in [0.1, 0.15) is 0 Å². The number of rotatable bonds is 2. The molecular formula is C10H16. The van der Waals surface area contributed by atoms with Crippen LogP contribution in [-0.2, 0) is 0 Å².